The van der Waals surface area contributed by atoms with Gasteiger partial charge in [0.25, 0.3) is 5.91 Å². The summed E-state index contributed by atoms with van der Waals surface area (Å²) in [6, 6.07) is 2.54. The molecule has 3 amide bonds. The molecule has 0 radical (unpaired) electrons. The largest absolute Gasteiger partial charge is 0.326 e. The fourth-order valence-corrected chi connectivity index (χ4v) is 2.09. The number of urea groups is 1. The van der Waals surface area contributed by atoms with Crippen molar-refractivity contribution in [3.8, 4) is 0 Å². The summed E-state index contributed by atoms with van der Waals surface area (Å²) in [7, 11) is 0. The molecule has 1 N–H and O–H groups in total. The predicted molar refractivity (Wildman–Crippen MR) is 67.0 cm³/mol. The van der Waals surface area contributed by atoms with Gasteiger partial charge in [0.2, 0.25) is 0 Å². The van der Waals surface area contributed by atoms with E-state index in [9.17, 15) is 9.59 Å². The van der Waals surface area contributed by atoms with Crippen LogP contribution in [-0.2, 0) is 11.3 Å². The third-order valence-electron chi connectivity index (χ3n) is 2.78. The fourth-order valence-electron chi connectivity index (χ4n) is 1.91. The minimum absolute atomic E-state index is 0.158. The van der Waals surface area contributed by atoms with E-state index in [0.29, 0.717) is 17.1 Å². The first-order valence-electron chi connectivity index (χ1n) is 5.84. The lowest BCUT2D eigenvalue weighted by Crippen LogP contribution is -2.31. The molecule has 0 aliphatic carbocycles. The van der Waals surface area contributed by atoms with Crippen LogP contribution in [-0.4, -0.2) is 27.9 Å². The van der Waals surface area contributed by atoms with Gasteiger partial charge in [0.05, 0.1) is 12.2 Å². The van der Waals surface area contributed by atoms with Gasteiger partial charge in [-0.3, -0.25) is 14.7 Å². The quantitative estimate of drug-likeness (QED) is 0.848. The maximum atomic E-state index is 12.0. The van der Waals surface area contributed by atoms with E-state index in [1.807, 2.05) is 6.92 Å². The molecule has 6 heteroatoms. The minimum atomic E-state index is -0.401. The molecule has 1 aromatic heterocycles. The van der Waals surface area contributed by atoms with Gasteiger partial charge in [-0.25, -0.2) is 4.79 Å². The van der Waals surface area contributed by atoms with Crippen LogP contribution in [0.5, 0.6) is 0 Å². The summed E-state index contributed by atoms with van der Waals surface area (Å²) in [6.07, 6.45) is 3.06. The molecule has 0 aromatic carbocycles. The van der Waals surface area contributed by atoms with E-state index in [4.69, 9.17) is 11.6 Å². The normalized spacial score (nSPS) is 19.2. The lowest BCUT2D eigenvalue weighted by Gasteiger charge is -2.12. The minimum Gasteiger partial charge on any atom is -0.326 e. The van der Waals surface area contributed by atoms with Crippen LogP contribution in [0, 0.1) is 0 Å². The van der Waals surface area contributed by atoms with Gasteiger partial charge >= 0.3 is 6.03 Å². The van der Waals surface area contributed by atoms with E-state index in [0.717, 1.165) is 6.42 Å². The number of imide groups is 1. The van der Waals surface area contributed by atoms with Gasteiger partial charge in [-0.1, -0.05) is 24.9 Å². The number of carbonyl (C=O) groups excluding carboxylic acids is 2. The van der Waals surface area contributed by atoms with Crippen LogP contribution in [0.4, 0.5) is 4.79 Å². The summed E-state index contributed by atoms with van der Waals surface area (Å²) >= 11 is 5.84. The molecule has 2 heterocycles. The molecule has 1 fully saturated rings. The predicted octanol–water partition coefficient (Wildman–Crippen LogP) is 1.96. The van der Waals surface area contributed by atoms with Gasteiger partial charge in [-0.05, 0) is 18.6 Å². The molecule has 1 atom stereocenters. The third-order valence-corrected chi connectivity index (χ3v) is 3.02. The van der Waals surface area contributed by atoms with Crippen LogP contribution in [0.15, 0.2) is 18.3 Å². The zero-order valence-corrected chi connectivity index (χ0v) is 10.8. The smallest absolute Gasteiger partial charge is 0.325 e. The van der Waals surface area contributed by atoms with Crippen LogP contribution < -0.4 is 5.32 Å². The first-order valence-corrected chi connectivity index (χ1v) is 6.22. The molecule has 1 aliphatic heterocycles. The molecule has 0 bridgehead atoms. The van der Waals surface area contributed by atoms with Gasteiger partial charge in [-0.2, -0.15) is 0 Å². The third kappa shape index (κ3) is 2.61. The van der Waals surface area contributed by atoms with E-state index in [1.165, 1.54) is 4.90 Å². The number of amides is 3. The summed E-state index contributed by atoms with van der Waals surface area (Å²) in [4.78, 5) is 28.9. The number of pyridine rings is 1. The van der Waals surface area contributed by atoms with Crippen molar-refractivity contribution in [2.45, 2.75) is 32.4 Å². The van der Waals surface area contributed by atoms with Crippen molar-refractivity contribution >= 4 is 23.5 Å². The highest BCUT2D eigenvalue weighted by molar-refractivity contribution is 6.30. The van der Waals surface area contributed by atoms with Crippen molar-refractivity contribution in [3.05, 3.63) is 29.0 Å². The molecule has 1 aromatic rings. The van der Waals surface area contributed by atoms with Crippen LogP contribution >= 0.6 is 11.6 Å². The number of hydrogen-bond acceptors (Lipinski definition) is 3. The second kappa shape index (κ2) is 5.35. The number of nitrogens with zero attached hydrogens (tertiary/aromatic N) is 2. The summed E-state index contributed by atoms with van der Waals surface area (Å²) in [5.41, 5.74) is 0.600. The molecule has 1 saturated heterocycles. The summed E-state index contributed by atoms with van der Waals surface area (Å²) in [6.45, 7) is 2.13. The lowest BCUT2D eigenvalue weighted by molar-refractivity contribution is -0.128. The Balaban J connectivity index is 2.10. The Bertz CT molecular complexity index is 478. The van der Waals surface area contributed by atoms with Gasteiger partial charge < -0.3 is 5.32 Å². The summed E-state index contributed by atoms with van der Waals surface area (Å²) < 4.78 is 0. The van der Waals surface area contributed by atoms with E-state index in [2.05, 4.69) is 10.3 Å². The van der Waals surface area contributed by atoms with Gasteiger partial charge in [0.15, 0.2) is 0 Å². The van der Waals surface area contributed by atoms with Crippen molar-refractivity contribution in [2.24, 2.45) is 0 Å². The zero-order valence-electron chi connectivity index (χ0n) is 10.0. The molecule has 18 heavy (non-hydrogen) atoms. The maximum Gasteiger partial charge on any atom is 0.325 e. The molecule has 5 nitrogen and oxygen atoms in total. The number of hydrogen-bond donors (Lipinski definition) is 1. The first-order chi connectivity index (χ1) is 8.61. The van der Waals surface area contributed by atoms with Crippen LogP contribution in [0.3, 0.4) is 0 Å². The van der Waals surface area contributed by atoms with Crippen molar-refractivity contribution in [2.75, 3.05) is 0 Å². The molecule has 1 unspecified atom stereocenters. The Morgan fingerprint density at radius 1 is 1.50 bits per heavy atom. The molecular formula is C12H14ClN3O2. The highest BCUT2D eigenvalue weighted by Crippen LogP contribution is 2.15. The van der Waals surface area contributed by atoms with Crippen LogP contribution in [0.2, 0.25) is 5.02 Å². The fraction of sp³-hybridized carbons (Fsp3) is 0.417. The van der Waals surface area contributed by atoms with Crippen molar-refractivity contribution in [1.29, 1.82) is 0 Å². The van der Waals surface area contributed by atoms with Crippen LogP contribution in [0.1, 0.15) is 25.5 Å². The monoisotopic (exact) mass is 267 g/mol. The first kappa shape index (κ1) is 12.8. The Morgan fingerprint density at radius 3 is 2.94 bits per heavy atom. The standard InChI is InChI=1S/C12H14ClN3O2/c1-2-3-10-11(17)16(12(18)15-10)7-9-6-8(13)4-5-14-9/h4-6,10H,2-3,7H2,1H3,(H,15,18). The highest BCUT2D eigenvalue weighted by atomic mass is 35.5. The molecular weight excluding hydrogens is 254 g/mol. The van der Waals surface area contributed by atoms with Crippen LogP contribution in [0.25, 0.3) is 0 Å². The van der Waals surface area contributed by atoms with Gasteiger partial charge in [-0.15, -0.1) is 0 Å². The number of carbonyl (C=O) groups is 2. The Kier molecular flexibility index (Phi) is 3.81. The number of nitrogens with one attached hydrogen (secondary N) is 1. The Morgan fingerprint density at radius 2 is 2.28 bits per heavy atom. The summed E-state index contributed by atoms with van der Waals surface area (Å²) in [5, 5.41) is 3.21. The zero-order chi connectivity index (χ0) is 13.1. The molecule has 0 saturated carbocycles. The van der Waals surface area contributed by atoms with Crippen molar-refractivity contribution < 1.29 is 9.59 Å². The van der Waals surface area contributed by atoms with E-state index < -0.39 is 6.04 Å². The second-order valence-corrected chi connectivity index (χ2v) is 4.62. The maximum absolute atomic E-state index is 12.0. The number of aromatic nitrogens is 1. The highest BCUT2D eigenvalue weighted by Gasteiger charge is 2.37. The van der Waals surface area contributed by atoms with Gasteiger partial charge in [0, 0.05) is 11.2 Å². The molecule has 1 aliphatic rings. The van der Waals surface area contributed by atoms with Gasteiger partial charge in [0.1, 0.15) is 6.04 Å². The molecule has 96 valence electrons. The lowest BCUT2D eigenvalue weighted by atomic mass is 10.1. The van der Waals surface area contributed by atoms with E-state index in [-0.39, 0.29) is 18.5 Å². The van der Waals surface area contributed by atoms with Crippen molar-refractivity contribution in [3.63, 3.8) is 0 Å². The average Bonchev–Trinajstić information content (AvgIpc) is 2.58. The summed E-state index contributed by atoms with van der Waals surface area (Å²) in [5.74, 6) is -0.191. The van der Waals surface area contributed by atoms with Crippen molar-refractivity contribution in [1.82, 2.24) is 15.2 Å². The number of rotatable bonds is 4. The molecule has 2 rings (SSSR count). The van der Waals surface area contributed by atoms with E-state index >= 15 is 0 Å². The Labute approximate surface area is 110 Å². The SMILES string of the molecule is CCCC1NC(=O)N(Cc2cc(Cl)ccn2)C1=O. The Hall–Kier alpha value is -1.62. The van der Waals surface area contributed by atoms with E-state index in [1.54, 1.807) is 18.3 Å². The number of halogens is 1. The topological polar surface area (TPSA) is 62.3 Å². The molecule has 0 spiro atoms. The second-order valence-electron chi connectivity index (χ2n) is 4.18. The average molecular weight is 268 g/mol.